The summed E-state index contributed by atoms with van der Waals surface area (Å²) in [5.41, 5.74) is 1.70. The Morgan fingerprint density at radius 2 is 1.90 bits per heavy atom. The number of benzene rings is 1. The maximum Gasteiger partial charge on any atom is 0.255 e. The molecule has 2 rings (SSSR count). The SMILES string of the molecule is NNc1cc(C(=O)Nc2ccc(F)c(F)c2F)cc(Cl)n1. The predicted molar refractivity (Wildman–Crippen MR) is 71.3 cm³/mol. The minimum absolute atomic E-state index is 0.00656. The zero-order valence-corrected chi connectivity index (χ0v) is 11.0. The molecule has 0 bridgehead atoms. The third-order valence-corrected chi connectivity index (χ3v) is 2.68. The number of nitrogens with two attached hydrogens (primary N) is 1. The number of hydrogen-bond acceptors (Lipinski definition) is 4. The maximum atomic E-state index is 13.5. The summed E-state index contributed by atoms with van der Waals surface area (Å²) in [7, 11) is 0. The van der Waals surface area contributed by atoms with Gasteiger partial charge in [0.2, 0.25) is 0 Å². The highest BCUT2D eigenvalue weighted by Gasteiger charge is 2.16. The minimum atomic E-state index is -1.68. The van der Waals surface area contributed by atoms with Gasteiger partial charge in [0.15, 0.2) is 17.5 Å². The molecule has 0 aliphatic carbocycles. The molecule has 0 aliphatic rings. The van der Waals surface area contributed by atoms with Crippen molar-refractivity contribution in [1.82, 2.24) is 4.98 Å². The number of aromatic nitrogens is 1. The Bertz CT molecular complexity index is 711. The molecule has 21 heavy (non-hydrogen) atoms. The molecule has 1 aromatic heterocycles. The van der Waals surface area contributed by atoms with E-state index in [0.29, 0.717) is 6.07 Å². The molecule has 1 heterocycles. The van der Waals surface area contributed by atoms with Crippen molar-refractivity contribution in [2.45, 2.75) is 0 Å². The summed E-state index contributed by atoms with van der Waals surface area (Å²) in [4.78, 5) is 15.7. The van der Waals surface area contributed by atoms with Crippen LogP contribution in [0.1, 0.15) is 10.4 Å². The third kappa shape index (κ3) is 3.23. The molecule has 1 amide bonds. The number of amides is 1. The van der Waals surface area contributed by atoms with Crippen LogP contribution in [0.15, 0.2) is 24.3 Å². The van der Waals surface area contributed by atoms with Crippen LogP contribution >= 0.6 is 11.6 Å². The molecule has 5 nitrogen and oxygen atoms in total. The molecule has 0 fully saturated rings. The van der Waals surface area contributed by atoms with Crippen LogP contribution in [0.5, 0.6) is 0 Å². The average molecular weight is 317 g/mol. The van der Waals surface area contributed by atoms with Gasteiger partial charge in [-0.25, -0.2) is 24.0 Å². The predicted octanol–water partition coefficient (Wildman–Crippen LogP) is 2.69. The van der Waals surface area contributed by atoms with Gasteiger partial charge in [-0.2, -0.15) is 0 Å². The molecule has 110 valence electrons. The number of rotatable bonds is 3. The zero-order valence-electron chi connectivity index (χ0n) is 10.3. The van der Waals surface area contributed by atoms with Crippen LogP contribution in [0.2, 0.25) is 5.15 Å². The zero-order chi connectivity index (χ0) is 15.6. The fourth-order valence-corrected chi connectivity index (χ4v) is 1.73. The Morgan fingerprint density at radius 3 is 2.57 bits per heavy atom. The number of anilines is 2. The van der Waals surface area contributed by atoms with Gasteiger partial charge in [0.05, 0.1) is 5.69 Å². The van der Waals surface area contributed by atoms with Crippen molar-refractivity contribution in [1.29, 1.82) is 0 Å². The van der Waals surface area contributed by atoms with Crippen molar-refractivity contribution in [3.8, 4) is 0 Å². The van der Waals surface area contributed by atoms with Crippen LogP contribution in [-0.4, -0.2) is 10.9 Å². The molecule has 0 saturated carbocycles. The number of nitrogens with zero attached hydrogens (tertiary/aromatic N) is 1. The lowest BCUT2D eigenvalue weighted by molar-refractivity contribution is 0.102. The van der Waals surface area contributed by atoms with Crippen molar-refractivity contribution in [3.05, 3.63) is 52.4 Å². The molecule has 0 atom stereocenters. The van der Waals surface area contributed by atoms with Crippen LogP contribution in [0, 0.1) is 17.5 Å². The molecular formula is C12H8ClF3N4O. The standard InChI is InChI=1S/C12H8ClF3N4O/c13-8-3-5(4-9(19-8)20-17)12(21)18-7-2-1-6(14)10(15)11(7)16/h1-4H,17H2,(H,18,21)(H,19,20). The van der Waals surface area contributed by atoms with Gasteiger partial charge in [-0.15, -0.1) is 0 Å². The van der Waals surface area contributed by atoms with E-state index in [4.69, 9.17) is 17.4 Å². The molecule has 2 aromatic rings. The second-order valence-electron chi connectivity index (χ2n) is 3.89. The van der Waals surface area contributed by atoms with Gasteiger partial charge in [-0.3, -0.25) is 4.79 Å². The lowest BCUT2D eigenvalue weighted by Crippen LogP contribution is -2.16. The fraction of sp³-hybridized carbons (Fsp3) is 0. The number of halogens is 4. The van der Waals surface area contributed by atoms with E-state index >= 15 is 0 Å². The van der Waals surface area contributed by atoms with Crippen LogP contribution in [0.25, 0.3) is 0 Å². The van der Waals surface area contributed by atoms with Gasteiger partial charge in [0, 0.05) is 5.56 Å². The summed E-state index contributed by atoms with van der Waals surface area (Å²) < 4.78 is 39.3. The highest BCUT2D eigenvalue weighted by atomic mass is 35.5. The molecule has 9 heteroatoms. The maximum absolute atomic E-state index is 13.5. The second kappa shape index (κ2) is 5.98. The van der Waals surface area contributed by atoms with E-state index in [-0.39, 0.29) is 16.5 Å². The Labute approximate surface area is 121 Å². The van der Waals surface area contributed by atoms with E-state index in [1.165, 1.54) is 12.1 Å². The summed E-state index contributed by atoms with van der Waals surface area (Å²) in [6, 6.07) is 4.05. The van der Waals surface area contributed by atoms with E-state index in [1.807, 2.05) is 0 Å². The van der Waals surface area contributed by atoms with Gasteiger partial charge in [-0.1, -0.05) is 11.6 Å². The van der Waals surface area contributed by atoms with Crippen LogP contribution in [0.3, 0.4) is 0 Å². The number of carbonyl (C=O) groups is 1. The summed E-state index contributed by atoms with van der Waals surface area (Å²) in [5.74, 6) is -0.0645. The number of pyridine rings is 1. The number of carbonyl (C=O) groups excluding carboxylic acids is 1. The van der Waals surface area contributed by atoms with Crippen molar-refractivity contribution in [2.75, 3.05) is 10.7 Å². The normalized spacial score (nSPS) is 10.3. The van der Waals surface area contributed by atoms with Gasteiger partial charge in [0.25, 0.3) is 5.91 Å². The smallest absolute Gasteiger partial charge is 0.255 e. The van der Waals surface area contributed by atoms with Gasteiger partial charge < -0.3 is 10.7 Å². The molecular weight excluding hydrogens is 309 g/mol. The minimum Gasteiger partial charge on any atom is -0.319 e. The first kappa shape index (κ1) is 15.1. The highest BCUT2D eigenvalue weighted by Crippen LogP contribution is 2.21. The largest absolute Gasteiger partial charge is 0.319 e. The summed E-state index contributed by atoms with van der Waals surface area (Å²) in [6.07, 6.45) is 0. The Hall–Kier alpha value is -2.32. The van der Waals surface area contributed by atoms with E-state index in [1.54, 1.807) is 0 Å². The summed E-state index contributed by atoms with van der Waals surface area (Å²) >= 11 is 5.68. The van der Waals surface area contributed by atoms with Gasteiger partial charge in [0.1, 0.15) is 11.0 Å². The quantitative estimate of drug-likeness (QED) is 0.352. The molecule has 4 N–H and O–H groups in total. The van der Waals surface area contributed by atoms with E-state index < -0.39 is 29.0 Å². The van der Waals surface area contributed by atoms with Gasteiger partial charge >= 0.3 is 0 Å². The molecule has 0 aliphatic heterocycles. The second-order valence-corrected chi connectivity index (χ2v) is 4.27. The van der Waals surface area contributed by atoms with Crippen molar-refractivity contribution in [3.63, 3.8) is 0 Å². The molecule has 1 aromatic carbocycles. The highest BCUT2D eigenvalue weighted by molar-refractivity contribution is 6.30. The number of hydrogen-bond donors (Lipinski definition) is 3. The lowest BCUT2D eigenvalue weighted by atomic mass is 10.2. The first-order valence-corrected chi connectivity index (χ1v) is 5.89. The Kier molecular flexibility index (Phi) is 4.29. The van der Waals surface area contributed by atoms with E-state index in [2.05, 4.69) is 15.7 Å². The van der Waals surface area contributed by atoms with Gasteiger partial charge in [-0.05, 0) is 24.3 Å². The van der Waals surface area contributed by atoms with Crippen LogP contribution < -0.4 is 16.6 Å². The number of nitrogen functional groups attached to an aromatic ring is 1. The lowest BCUT2D eigenvalue weighted by Gasteiger charge is -2.08. The van der Waals surface area contributed by atoms with Crippen molar-refractivity contribution < 1.29 is 18.0 Å². The summed E-state index contributed by atoms with van der Waals surface area (Å²) in [6.45, 7) is 0. The van der Waals surface area contributed by atoms with Crippen molar-refractivity contribution >= 4 is 29.0 Å². The molecule has 0 radical (unpaired) electrons. The van der Waals surface area contributed by atoms with E-state index in [0.717, 1.165) is 6.07 Å². The number of nitrogens with one attached hydrogen (secondary N) is 2. The van der Waals surface area contributed by atoms with Crippen LogP contribution in [0.4, 0.5) is 24.7 Å². The van der Waals surface area contributed by atoms with Crippen molar-refractivity contribution in [2.24, 2.45) is 5.84 Å². The average Bonchev–Trinajstić information content (AvgIpc) is 2.47. The Morgan fingerprint density at radius 1 is 1.19 bits per heavy atom. The fourth-order valence-electron chi connectivity index (χ4n) is 1.52. The molecule has 0 unspecified atom stereocenters. The third-order valence-electron chi connectivity index (χ3n) is 2.49. The molecule has 0 saturated heterocycles. The topological polar surface area (TPSA) is 80.0 Å². The monoisotopic (exact) mass is 316 g/mol. The first-order chi connectivity index (χ1) is 9.92. The van der Waals surface area contributed by atoms with Crippen LogP contribution in [-0.2, 0) is 0 Å². The molecule has 0 spiro atoms. The van der Waals surface area contributed by atoms with E-state index in [9.17, 15) is 18.0 Å². The summed E-state index contributed by atoms with van der Waals surface area (Å²) in [5, 5.41) is 2.07. The Balaban J connectivity index is 2.30. The first-order valence-electron chi connectivity index (χ1n) is 5.51. The number of hydrazine groups is 1.